The molecule has 0 atom stereocenters. The van der Waals surface area contributed by atoms with E-state index < -0.39 is 0 Å². The van der Waals surface area contributed by atoms with E-state index in [-0.39, 0.29) is 23.9 Å². The molecular formula is C19H24N4O2. The van der Waals surface area contributed by atoms with Crippen LogP contribution in [0.15, 0.2) is 36.5 Å². The zero-order valence-electron chi connectivity index (χ0n) is 15.1. The average Bonchev–Trinajstić information content (AvgIpc) is 3.09. The summed E-state index contributed by atoms with van der Waals surface area (Å²) in [4.78, 5) is 26.5. The van der Waals surface area contributed by atoms with E-state index >= 15 is 0 Å². The van der Waals surface area contributed by atoms with Crippen LogP contribution in [0.1, 0.15) is 43.7 Å². The van der Waals surface area contributed by atoms with Crippen molar-refractivity contribution in [3.8, 4) is 5.69 Å². The molecule has 0 saturated heterocycles. The maximum absolute atomic E-state index is 12.6. The minimum absolute atomic E-state index is 0.0540. The molecule has 3 rings (SSSR count). The Bertz CT molecular complexity index is 793. The topological polar surface area (TPSA) is 67.2 Å². The monoisotopic (exact) mass is 340 g/mol. The molecule has 0 saturated carbocycles. The Morgan fingerprint density at radius 1 is 1.28 bits per heavy atom. The summed E-state index contributed by atoms with van der Waals surface area (Å²) in [6.45, 7) is 8.54. The molecule has 0 aliphatic carbocycles. The van der Waals surface area contributed by atoms with E-state index in [1.807, 2.05) is 44.2 Å². The van der Waals surface area contributed by atoms with Gasteiger partial charge in [0, 0.05) is 5.54 Å². The molecule has 2 aromatic rings. The van der Waals surface area contributed by atoms with Crippen LogP contribution in [-0.2, 0) is 11.3 Å². The normalized spacial score (nSPS) is 14.1. The van der Waals surface area contributed by atoms with Crippen LogP contribution in [0, 0.1) is 5.92 Å². The first kappa shape index (κ1) is 17.2. The van der Waals surface area contributed by atoms with Gasteiger partial charge in [-0.15, -0.1) is 0 Å². The highest BCUT2D eigenvalue weighted by atomic mass is 16.2. The number of para-hydroxylation sites is 1. The molecule has 1 N–H and O–H groups in total. The zero-order valence-corrected chi connectivity index (χ0v) is 15.1. The SMILES string of the molecule is CC(C)C(C)(C)NC(=O)CN1Cc2c(cnn2-c2ccccc2)C1=O. The lowest BCUT2D eigenvalue weighted by molar-refractivity contribution is -0.123. The summed E-state index contributed by atoms with van der Waals surface area (Å²) in [6, 6.07) is 9.68. The third kappa shape index (κ3) is 3.29. The van der Waals surface area contributed by atoms with Crippen LogP contribution in [0.5, 0.6) is 0 Å². The largest absolute Gasteiger partial charge is 0.349 e. The maximum Gasteiger partial charge on any atom is 0.258 e. The van der Waals surface area contributed by atoms with Crippen LogP contribution in [0.4, 0.5) is 0 Å². The summed E-state index contributed by atoms with van der Waals surface area (Å²) in [5, 5.41) is 7.34. The first-order valence-electron chi connectivity index (χ1n) is 8.52. The lowest BCUT2D eigenvalue weighted by Gasteiger charge is -2.31. The Labute approximate surface area is 147 Å². The van der Waals surface area contributed by atoms with Crippen molar-refractivity contribution in [2.75, 3.05) is 6.54 Å². The third-order valence-corrected chi connectivity index (χ3v) is 4.97. The van der Waals surface area contributed by atoms with Gasteiger partial charge in [0.2, 0.25) is 5.91 Å². The molecule has 0 radical (unpaired) electrons. The van der Waals surface area contributed by atoms with Gasteiger partial charge in [-0.1, -0.05) is 32.0 Å². The fraction of sp³-hybridized carbons (Fsp3) is 0.421. The van der Waals surface area contributed by atoms with Crippen LogP contribution < -0.4 is 5.32 Å². The number of carbonyl (C=O) groups is 2. The number of hydrogen-bond acceptors (Lipinski definition) is 3. The molecule has 2 amide bonds. The van der Waals surface area contributed by atoms with Crippen LogP contribution >= 0.6 is 0 Å². The minimum atomic E-state index is -0.312. The second-order valence-electron chi connectivity index (χ2n) is 7.34. The molecule has 1 aliphatic rings. The van der Waals surface area contributed by atoms with Gasteiger partial charge < -0.3 is 10.2 Å². The van der Waals surface area contributed by atoms with Crippen LogP contribution in [0.3, 0.4) is 0 Å². The standard InChI is InChI=1S/C19H24N4O2/c1-13(2)19(3,4)21-17(24)12-22-11-16-15(18(22)25)10-20-23(16)14-8-6-5-7-9-14/h5-10,13H,11-12H2,1-4H3,(H,21,24). The van der Waals surface area contributed by atoms with Gasteiger partial charge >= 0.3 is 0 Å². The molecule has 0 bridgehead atoms. The molecule has 1 aliphatic heterocycles. The minimum Gasteiger partial charge on any atom is -0.349 e. The average molecular weight is 340 g/mol. The molecule has 1 aromatic heterocycles. The van der Waals surface area contributed by atoms with E-state index in [1.165, 1.54) is 0 Å². The molecule has 0 fully saturated rings. The zero-order chi connectivity index (χ0) is 18.2. The van der Waals surface area contributed by atoms with Crippen LogP contribution in [0.25, 0.3) is 5.69 Å². The fourth-order valence-corrected chi connectivity index (χ4v) is 2.76. The lowest BCUT2D eigenvalue weighted by Crippen LogP contribution is -2.50. The second-order valence-corrected chi connectivity index (χ2v) is 7.34. The van der Waals surface area contributed by atoms with Gasteiger partial charge in [-0.05, 0) is 31.9 Å². The summed E-state index contributed by atoms with van der Waals surface area (Å²) in [5.74, 6) is 0.0145. The highest BCUT2D eigenvalue weighted by molar-refractivity contribution is 5.99. The first-order valence-corrected chi connectivity index (χ1v) is 8.52. The summed E-state index contributed by atoms with van der Waals surface area (Å²) >= 11 is 0. The molecule has 0 spiro atoms. The third-order valence-electron chi connectivity index (χ3n) is 4.97. The number of rotatable bonds is 5. The summed E-state index contributed by atoms with van der Waals surface area (Å²) < 4.78 is 1.77. The smallest absolute Gasteiger partial charge is 0.258 e. The molecule has 1 aromatic carbocycles. The number of aromatic nitrogens is 2. The lowest BCUT2D eigenvalue weighted by atomic mass is 9.91. The van der Waals surface area contributed by atoms with Crippen molar-refractivity contribution in [1.82, 2.24) is 20.0 Å². The van der Waals surface area contributed by atoms with E-state index in [1.54, 1.807) is 15.8 Å². The van der Waals surface area contributed by atoms with Gasteiger partial charge in [-0.25, -0.2) is 4.68 Å². The fourth-order valence-electron chi connectivity index (χ4n) is 2.76. The van der Waals surface area contributed by atoms with Crippen molar-refractivity contribution in [2.24, 2.45) is 5.92 Å². The molecular weight excluding hydrogens is 316 g/mol. The molecule has 6 nitrogen and oxygen atoms in total. The quantitative estimate of drug-likeness (QED) is 0.909. The van der Waals surface area contributed by atoms with Crippen molar-refractivity contribution < 1.29 is 9.59 Å². The number of fused-ring (bicyclic) bond motifs is 1. The predicted molar refractivity (Wildman–Crippen MR) is 95.4 cm³/mol. The number of carbonyl (C=O) groups excluding carboxylic acids is 2. The maximum atomic E-state index is 12.6. The summed E-state index contributed by atoms with van der Waals surface area (Å²) in [7, 11) is 0. The van der Waals surface area contributed by atoms with Crippen LogP contribution in [-0.4, -0.2) is 38.6 Å². The molecule has 25 heavy (non-hydrogen) atoms. The Hall–Kier alpha value is -2.63. The molecule has 2 heterocycles. The number of benzene rings is 1. The molecule has 0 unspecified atom stereocenters. The van der Waals surface area contributed by atoms with Gasteiger partial charge in [0.1, 0.15) is 6.54 Å². The number of nitrogens with one attached hydrogen (secondary N) is 1. The van der Waals surface area contributed by atoms with E-state index in [9.17, 15) is 9.59 Å². The molecule has 132 valence electrons. The van der Waals surface area contributed by atoms with E-state index in [0.29, 0.717) is 18.0 Å². The van der Waals surface area contributed by atoms with E-state index in [4.69, 9.17) is 0 Å². The van der Waals surface area contributed by atoms with Gasteiger partial charge in [-0.2, -0.15) is 5.10 Å². The number of nitrogens with zero attached hydrogens (tertiary/aromatic N) is 3. The Balaban J connectivity index is 1.73. The first-order chi connectivity index (χ1) is 11.8. The number of amides is 2. The number of hydrogen-bond donors (Lipinski definition) is 1. The predicted octanol–water partition coefficient (Wildman–Crippen LogP) is 2.38. The van der Waals surface area contributed by atoms with Crippen molar-refractivity contribution in [1.29, 1.82) is 0 Å². The van der Waals surface area contributed by atoms with Crippen molar-refractivity contribution in [3.05, 3.63) is 47.8 Å². The molecule has 6 heteroatoms. The van der Waals surface area contributed by atoms with Gasteiger partial charge in [0.15, 0.2) is 0 Å². The Morgan fingerprint density at radius 3 is 2.60 bits per heavy atom. The van der Waals surface area contributed by atoms with Gasteiger partial charge in [0.25, 0.3) is 5.91 Å². The highest BCUT2D eigenvalue weighted by Gasteiger charge is 2.34. The van der Waals surface area contributed by atoms with E-state index in [0.717, 1.165) is 11.4 Å². The van der Waals surface area contributed by atoms with E-state index in [2.05, 4.69) is 24.3 Å². The van der Waals surface area contributed by atoms with Crippen molar-refractivity contribution in [2.45, 2.75) is 39.8 Å². The Morgan fingerprint density at radius 2 is 1.96 bits per heavy atom. The summed E-state index contributed by atoms with van der Waals surface area (Å²) in [5.41, 5.74) is 1.99. The van der Waals surface area contributed by atoms with Crippen LogP contribution in [0.2, 0.25) is 0 Å². The Kier molecular flexibility index (Phi) is 4.37. The summed E-state index contributed by atoms with van der Waals surface area (Å²) in [6.07, 6.45) is 1.58. The van der Waals surface area contributed by atoms with Crippen molar-refractivity contribution in [3.63, 3.8) is 0 Å². The van der Waals surface area contributed by atoms with Crippen molar-refractivity contribution >= 4 is 11.8 Å². The highest BCUT2D eigenvalue weighted by Crippen LogP contribution is 2.25. The van der Waals surface area contributed by atoms with Gasteiger partial charge in [0.05, 0.1) is 29.7 Å². The van der Waals surface area contributed by atoms with Gasteiger partial charge in [-0.3, -0.25) is 9.59 Å². The second kappa shape index (κ2) is 6.35.